The van der Waals surface area contributed by atoms with Gasteiger partial charge in [0.05, 0.1) is 4.88 Å². The van der Waals surface area contributed by atoms with E-state index in [9.17, 15) is 0 Å². The minimum Gasteiger partial charge on any atom is -0.208 e. The second-order valence-corrected chi connectivity index (χ2v) is 11.8. The number of benzene rings is 5. The molecule has 8 rings (SSSR count). The maximum atomic E-state index is 5.10. The van der Waals surface area contributed by atoms with Crippen LogP contribution in [0.2, 0.25) is 0 Å². The van der Waals surface area contributed by atoms with Crippen molar-refractivity contribution in [1.29, 1.82) is 0 Å². The van der Waals surface area contributed by atoms with Crippen molar-refractivity contribution in [3.05, 3.63) is 127 Å². The Morgan fingerprint density at radius 3 is 1.95 bits per heavy atom. The fraction of sp³-hybridized carbons (Fsp3) is 0. The molecule has 0 N–H and O–H groups in total. The first-order valence-electron chi connectivity index (χ1n) is 13.1. The average molecular weight is 548 g/mol. The van der Waals surface area contributed by atoms with Crippen LogP contribution in [0.4, 0.5) is 0 Å². The normalized spacial score (nSPS) is 11.5. The molecule has 3 heterocycles. The quantitative estimate of drug-likeness (QED) is 0.220. The molecule has 5 aromatic carbocycles. The number of rotatable bonds is 4. The van der Waals surface area contributed by atoms with Gasteiger partial charge in [0.1, 0.15) is 0 Å². The Balaban J connectivity index is 1.37. The third-order valence-corrected chi connectivity index (χ3v) is 9.43. The van der Waals surface area contributed by atoms with E-state index in [1.54, 1.807) is 11.3 Å². The van der Waals surface area contributed by atoms with Crippen LogP contribution in [0.5, 0.6) is 0 Å². The molecule has 0 fully saturated rings. The number of hydrogen-bond acceptors (Lipinski definition) is 5. The first-order chi connectivity index (χ1) is 19.8. The molecule has 0 radical (unpaired) electrons. The van der Waals surface area contributed by atoms with E-state index in [2.05, 4.69) is 115 Å². The van der Waals surface area contributed by atoms with Crippen LogP contribution in [-0.2, 0) is 0 Å². The monoisotopic (exact) mass is 547 g/mol. The summed E-state index contributed by atoms with van der Waals surface area (Å²) < 4.78 is 3.77. The lowest BCUT2D eigenvalue weighted by Crippen LogP contribution is -2.00. The van der Waals surface area contributed by atoms with Gasteiger partial charge in [-0.1, -0.05) is 91.0 Å². The molecule has 0 unspecified atom stereocenters. The van der Waals surface area contributed by atoms with Gasteiger partial charge in [0.2, 0.25) is 0 Å². The molecule has 3 aromatic heterocycles. The minimum atomic E-state index is 0.673. The zero-order valence-corrected chi connectivity index (χ0v) is 22.9. The highest BCUT2D eigenvalue weighted by atomic mass is 32.1. The number of fused-ring (bicyclic) bond motifs is 4. The Morgan fingerprint density at radius 2 is 1.07 bits per heavy atom. The van der Waals surface area contributed by atoms with Gasteiger partial charge in [0.25, 0.3) is 0 Å². The molecule has 0 aliphatic rings. The first kappa shape index (κ1) is 23.2. The van der Waals surface area contributed by atoms with Gasteiger partial charge in [0.15, 0.2) is 17.5 Å². The Bertz CT molecular complexity index is 2140. The Labute approximate surface area is 239 Å². The largest absolute Gasteiger partial charge is 0.208 e. The van der Waals surface area contributed by atoms with Gasteiger partial charge in [-0.05, 0) is 52.9 Å². The fourth-order valence-corrected chi connectivity index (χ4v) is 7.32. The van der Waals surface area contributed by atoms with Crippen LogP contribution in [0.15, 0.2) is 127 Å². The number of thiophene rings is 2. The van der Waals surface area contributed by atoms with Gasteiger partial charge in [-0.15, -0.1) is 22.7 Å². The summed E-state index contributed by atoms with van der Waals surface area (Å²) in [7, 11) is 0. The van der Waals surface area contributed by atoms with Crippen molar-refractivity contribution in [1.82, 2.24) is 15.0 Å². The van der Waals surface area contributed by atoms with Gasteiger partial charge in [-0.25, -0.2) is 15.0 Å². The molecule has 0 spiro atoms. The summed E-state index contributed by atoms with van der Waals surface area (Å²) in [5.41, 5.74) is 4.21. The molecule has 0 saturated heterocycles. The molecule has 0 atom stereocenters. The lowest BCUT2D eigenvalue weighted by atomic mass is 9.99. The lowest BCUT2D eigenvalue weighted by Gasteiger charge is -2.11. The predicted molar refractivity (Wildman–Crippen MR) is 170 cm³/mol. The van der Waals surface area contributed by atoms with Gasteiger partial charge >= 0.3 is 0 Å². The van der Waals surface area contributed by atoms with E-state index in [0.29, 0.717) is 17.5 Å². The van der Waals surface area contributed by atoms with Gasteiger partial charge in [-0.3, -0.25) is 0 Å². The number of nitrogens with zero attached hydrogens (tertiary/aromatic N) is 3. The summed E-state index contributed by atoms with van der Waals surface area (Å²) in [5.74, 6) is 2.05. The third-order valence-electron chi connectivity index (χ3n) is 7.17. The van der Waals surface area contributed by atoms with Crippen molar-refractivity contribution in [2.75, 3.05) is 0 Å². The molecule has 8 aromatic rings. The number of hydrogen-bond donors (Lipinski definition) is 0. The Hall–Kier alpha value is -4.71. The van der Waals surface area contributed by atoms with Crippen molar-refractivity contribution in [2.24, 2.45) is 0 Å². The lowest BCUT2D eigenvalue weighted by molar-refractivity contribution is 1.08. The highest BCUT2D eigenvalue weighted by molar-refractivity contribution is 7.25. The van der Waals surface area contributed by atoms with E-state index in [1.807, 2.05) is 23.5 Å². The zero-order chi connectivity index (χ0) is 26.5. The van der Waals surface area contributed by atoms with Crippen molar-refractivity contribution < 1.29 is 0 Å². The van der Waals surface area contributed by atoms with Crippen LogP contribution >= 0.6 is 22.7 Å². The SMILES string of the molecule is c1ccc(-c2ccccc2-c2nc(-c3ccc4sc5ccccc5c4c3)nc(-c3cc4ccccc4s3)n2)cc1. The Kier molecular flexibility index (Phi) is 5.50. The van der Waals surface area contributed by atoms with E-state index < -0.39 is 0 Å². The van der Waals surface area contributed by atoms with E-state index in [1.165, 1.54) is 30.3 Å². The predicted octanol–water partition coefficient (Wildman–Crippen LogP) is 10.1. The maximum Gasteiger partial charge on any atom is 0.174 e. The molecular weight excluding hydrogens is 527 g/mol. The molecule has 0 aliphatic heterocycles. The van der Waals surface area contributed by atoms with Crippen molar-refractivity contribution >= 4 is 52.9 Å². The van der Waals surface area contributed by atoms with E-state index >= 15 is 0 Å². The van der Waals surface area contributed by atoms with E-state index in [0.717, 1.165) is 27.1 Å². The topological polar surface area (TPSA) is 38.7 Å². The summed E-state index contributed by atoms with van der Waals surface area (Å²) in [6.45, 7) is 0. The fourth-order valence-electron chi connectivity index (χ4n) is 5.24. The second kappa shape index (κ2) is 9.49. The molecule has 3 nitrogen and oxygen atoms in total. The molecule has 0 amide bonds. The third kappa shape index (κ3) is 3.99. The molecule has 40 heavy (non-hydrogen) atoms. The maximum absolute atomic E-state index is 5.10. The van der Waals surface area contributed by atoms with Gasteiger partial charge < -0.3 is 0 Å². The summed E-state index contributed by atoms with van der Waals surface area (Å²) in [4.78, 5) is 16.3. The molecule has 188 valence electrons. The minimum absolute atomic E-state index is 0.673. The van der Waals surface area contributed by atoms with E-state index in [-0.39, 0.29) is 0 Å². The molecular formula is C35H21N3S2. The average Bonchev–Trinajstić information content (AvgIpc) is 3.63. The van der Waals surface area contributed by atoms with Crippen LogP contribution < -0.4 is 0 Å². The van der Waals surface area contributed by atoms with Crippen molar-refractivity contribution in [3.8, 4) is 44.6 Å². The van der Waals surface area contributed by atoms with E-state index in [4.69, 9.17) is 15.0 Å². The van der Waals surface area contributed by atoms with Crippen LogP contribution in [0, 0.1) is 0 Å². The summed E-state index contributed by atoms with van der Waals surface area (Å²) in [6.07, 6.45) is 0. The van der Waals surface area contributed by atoms with Crippen LogP contribution in [0.1, 0.15) is 0 Å². The number of aromatic nitrogens is 3. The standard InChI is InChI=1S/C35H21N3S2/c1-2-10-22(11-3-1)25-13-5-6-15-27(25)34-36-33(37-35(38-34)32-21-23-12-4-8-16-29(23)39-32)24-18-19-31-28(20-24)26-14-7-9-17-30(26)40-31/h1-21H. The molecule has 0 saturated carbocycles. The molecule has 0 bridgehead atoms. The summed E-state index contributed by atoms with van der Waals surface area (Å²) in [6, 6.07) is 44.5. The highest BCUT2D eigenvalue weighted by Gasteiger charge is 2.17. The second-order valence-electron chi connectivity index (χ2n) is 9.68. The zero-order valence-electron chi connectivity index (χ0n) is 21.3. The smallest absolute Gasteiger partial charge is 0.174 e. The molecule has 0 aliphatic carbocycles. The summed E-state index contributed by atoms with van der Waals surface area (Å²) in [5, 5.41) is 3.69. The van der Waals surface area contributed by atoms with Gasteiger partial charge in [-0.2, -0.15) is 0 Å². The van der Waals surface area contributed by atoms with Gasteiger partial charge in [0, 0.05) is 36.0 Å². The Morgan fingerprint density at radius 1 is 0.400 bits per heavy atom. The van der Waals surface area contributed by atoms with Crippen LogP contribution in [0.25, 0.3) is 74.9 Å². The van der Waals surface area contributed by atoms with Crippen LogP contribution in [-0.4, -0.2) is 15.0 Å². The highest BCUT2D eigenvalue weighted by Crippen LogP contribution is 2.38. The van der Waals surface area contributed by atoms with Crippen molar-refractivity contribution in [2.45, 2.75) is 0 Å². The summed E-state index contributed by atoms with van der Waals surface area (Å²) >= 11 is 3.53. The molecule has 5 heteroatoms. The van der Waals surface area contributed by atoms with Crippen LogP contribution in [0.3, 0.4) is 0 Å². The first-order valence-corrected chi connectivity index (χ1v) is 14.7. The van der Waals surface area contributed by atoms with Crippen molar-refractivity contribution in [3.63, 3.8) is 0 Å².